The minimum absolute atomic E-state index is 0.103. The lowest BCUT2D eigenvalue weighted by atomic mass is 10.00. The standard InChI is InChI=1S/C18H31N5O/c24-11-9-19-17-12-18(21-14-20-17)22-15-6-5-10-23(13-15)16-7-3-1-2-4-8-16/h12,14-16,24H,1-11,13H2,(H2,19,20,21,22)/t15-/m0/s1. The maximum absolute atomic E-state index is 8.90. The van der Waals surface area contributed by atoms with Crippen LogP contribution in [0.1, 0.15) is 51.4 Å². The number of nitrogens with one attached hydrogen (secondary N) is 2. The van der Waals surface area contributed by atoms with Crippen molar-refractivity contribution in [2.45, 2.75) is 63.5 Å². The third kappa shape index (κ3) is 5.05. The van der Waals surface area contributed by atoms with Gasteiger partial charge in [0.1, 0.15) is 18.0 Å². The molecule has 2 heterocycles. The molecule has 3 rings (SSSR count). The molecule has 1 aromatic rings. The summed E-state index contributed by atoms with van der Waals surface area (Å²) in [6.45, 7) is 2.98. The van der Waals surface area contributed by atoms with E-state index >= 15 is 0 Å². The van der Waals surface area contributed by atoms with Crippen molar-refractivity contribution in [2.24, 2.45) is 0 Å². The van der Waals surface area contributed by atoms with Gasteiger partial charge in [0, 0.05) is 31.2 Å². The van der Waals surface area contributed by atoms with Crippen molar-refractivity contribution in [1.29, 1.82) is 0 Å². The predicted molar refractivity (Wildman–Crippen MR) is 97.3 cm³/mol. The summed E-state index contributed by atoms with van der Waals surface area (Å²) in [6.07, 6.45) is 12.4. The molecule has 1 saturated carbocycles. The summed E-state index contributed by atoms with van der Waals surface area (Å²) < 4.78 is 0. The van der Waals surface area contributed by atoms with E-state index < -0.39 is 0 Å². The van der Waals surface area contributed by atoms with Crippen LogP contribution in [-0.2, 0) is 0 Å². The zero-order valence-electron chi connectivity index (χ0n) is 14.6. The third-order valence-corrected chi connectivity index (χ3v) is 5.23. The number of likely N-dealkylation sites (tertiary alicyclic amines) is 1. The van der Waals surface area contributed by atoms with E-state index in [9.17, 15) is 0 Å². The molecule has 0 spiro atoms. The van der Waals surface area contributed by atoms with Crippen molar-refractivity contribution in [3.8, 4) is 0 Å². The van der Waals surface area contributed by atoms with E-state index in [0.29, 0.717) is 12.6 Å². The largest absolute Gasteiger partial charge is 0.395 e. The van der Waals surface area contributed by atoms with Gasteiger partial charge in [-0.15, -0.1) is 0 Å². The zero-order chi connectivity index (χ0) is 16.6. The highest BCUT2D eigenvalue weighted by Crippen LogP contribution is 2.25. The van der Waals surface area contributed by atoms with Gasteiger partial charge in [0.25, 0.3) is 0 Å². The Hall–Kier alpha value is -1.40. The topological polar surface area (TPSA) is 73.3 Å². The van der Waals surface area contributed by atoms with Crippen LogP contribution in [-0.4, -0.2) is 58.3 Å². The van der Waals surface area contributed by atoms with Crippen molar-refractivity contribution in [3.05, 3.63) is 12.4 Å². The first-order chi connectivity index (χ1) is 11.8. The van der Waals surface area contributed by atoms with Crippen molar-refractivity contribution < 1.29 is 5.11 Å². The van der Waals surface area contributed by atoms with Gasteiger partial charge in [0.15, 0.2) is 0 Å². The first-order valence-corrected chi connectivity index (χ1v) is 9.52. The van der Waals surface area contributed by atoms with Gasteiger partial charge in [-0.2, -0.15) is 0 Å². The number of anilines is 2. The summed E-state index contributed by atoms with van der Waals surface area (Å²) in [4.78, 5) is 11.2. The van der Waals surface area contributed by atoms with Gasteiger partial charge in [-0.05, 0) is 32.2 Å². The summed E-state index contributed by atoms with van der Waals surface area (Å²) in [6, 6.07) is 3.17. The van der Waals surface area contributed by atoms with Crippen LogP contribution in [0.25, 0.3) is 0 Å². The SMILES string of the molecule is OCCNc1cc(N[C@H]2CCCN(C3CCCCCC3)C2)ncn1. The van der Waals surface area contributed by atoms with E-state index in [1.54, 1.807) is 6.33 Å². The Balaban J connectivity index is 1.54. The minimum Gasteiger partial charge on any atom is -0.395 e. The van der Waals surface area contributed by atoms with Gasteiger partial charge in [-0.25, -0.2) is 9.97 Å². The van der Waals surface area contributed by atoms with Gasteiger partial charge in [-0.1, -0.05) is 25.7 Å². The van der Waals surface area contributed by atoms with Crippen LogP contribution in [0.15, 0.2) is 12.4 Å². The Morgan fingerprint density at radius 3 is 2.62 bits per heavy atom. The van der Waals surface area contributed by atoms with E-state index in [0.717, 1.165) is 24.2 Å². The van der Waals surface area contributed by atoms with Crippen LogP contribution in [0.4, 0.5) is 11.6 Å². The molecule has 134 valence electrons. The van der Waals surface area contributed by atoms with Crippen LogP contribution >= 0.6 is 0 Å². The molecule has 0 unspecified atom stereocenters. The fourth-order valence-corrected chi connectivity index (χ4v) is 4.00. The normalized spacial score (nSPS) is 23.6. The lowest BCUT2D eigenvalue weighted by molar-refractivity contribution is 0.141. The summed E-state index contributed by atoms with van der Waals surface area (Å²) >= 11 is 0. The number of aliphatic hydroxyl groups is 1. The van der Waals surface area contributed by atoms with Gasteiger partial charge in [0.2, 0.25) is 0 Å². The highest BCUT2D eigenvalue weighted by Gasteiger charge is 2.26. The van der Waals surface area contributed by atoms with Gasteiger partial charge >= 0.3 is 0 Å². The first kappa shape index (κ1) is 17.4. The molecule has 6 nitrogen and oxygen atoms in total. The maximum Gasteiger partial charge on any atom is 0.131 e. The minimum atomic E-state index is 0.103. The molecule has 1 aliphatic heterocycles. The molecule has 2 fully saturated rings. The molecule has 0 amide bonds. The number of piperidine rings is 1. The Morgan fingerprint density at radius 1 is 1.04 bits per heavy atom. The predicted octanol–water partition coefficient (Wildman–Crippen LogP) is 2.48. The molecule has 1 aromatic heterocycles. The first-order valence-electron chi connectivity index (χ1n) is 9.52. The Morgan fingerprint density at radius 2 is 1.83 bits per heavy atom. The van der Waals surface area contributed by atoms with Crippen LogP contribution < -0.4 is 10.6 Å². The Labute approximate surface area is 145 Å². The van der Waals surface area contributed by atoms with E-state index in [-0.39, 0.29) is 6.61 Å². The molecular formula is C18H31N5O. The van der Waals surface area contributed by atoms with Gasteiger partial charge in [-0.3, -0.25) is 4.90 Å². The van der Waals surface area contributed by atoms with Crippen LogP contribution in [0.5, 0.6) is 0 Å². The molecule has 6 heteroatoms. The quantitative estimate of drug-likeness (QED) is 0.695. The second kappa shape index (κ2) is 9.18. The number of hydrogen-bond donors (Lipinski definition) is 3. The average molecular weight is 333 g/mol. The number of hydrogen-bond acceptors (Lipinski definition) is 6. The van der Waals surface area contributed by atoms with E-state index in [4.69, 9.17) is 5.11 Å². The van der Waals surface area contributed by atoms with Gasteiger partial charge < -0.3 is 15.7 Å². The highest BCUT2D eigenvalue weighted by atomic mass is 16.3. The molecule has 0 radical (unpaired) electrons. The van der Waals surface area contributed by atoms with Crippen LogP contribution in [0, 0.1) is 0 Å². The molecule has 1 aliphatic carbocycles. The second-order valence-electron chi connectivity index (χ2n) is 7.06. The van der Waals surface area contributed by atoms with Crippen molar-refractivity contribution in [1.82, 2.24) is 14.9 Å². The number of aliphatic hydroxyl groups excluding tert-OH is 1. The van der Waals surface area contributed by atoms with E-state index in [1.165, 1.54) is 57.9 Å². The average Bonchev–Trinajstić information content (AvgIpc) is 2.90. The molecule has 0 aromatic carbocycles. The summed E-state index contributed by atoms with van der Waals surface area (Å²) in [7, 11) is 0. The molecule has 1 atom stereocenters. The van der Waals surface area contributed by atoms with Crippen molar-refractivity contribution >= 4 is 11.6 Å². The summed E-state index contributed by atoms with van der Waals surface area (Å²) in [5.41, 5.74) is 0. The molecule has 1 saturated heterocycles. The molecular weight excluding hydrogens is 302 g/mol. The van der Waals surface area contributed by atoms with E-state index in [2.05, 4.69) is 25.5 Å². The van der Waals surface area contributed by atoms with Crippen LogP contribution in [0.3, 0.4) is 0 Å². The second-order valence-corrected chi connectivity index (χ2v) is 7.06. The maximum atomic E-state index is 8.90. The molecule has 3 N–H and O–H groups in total. The van der Waals surface area contributed by atoms with Gasteiger partial charge in [0.05, 0.1) is 6.61 Å². The van der Waals surface area contributed by atoms with Crippen LogP contribution in [0.2, 0.25) is 0 Å². The highest BCUT2D eigenvalue weighted by molar-refractivity contribution is 5.47. The Kier molecular flexibility index (Phi) is 6.66. The zero-order valence-corrected chi connectivity index (χ0v) is 14.6. The lowest BCUT2D eigenvalue weighted by Gasteiger charge is -2.38. The number of aromatic nitrogens is 2. The van der Waals surface area contributed by atoms with Crippen molar-refractivity contribution in [2.75, 3.05) is 36.9 Å². The van der Waals surface area contributed by atoms with E-state index in [1.807, 2.05) is 6.07 Å². The smallest absolute Gasteiger partial charge is 0.131 e. The fraction of sp³-hybridized carbons (Fsp3) is 0.778. The monoisotopic (exact) mass is 333 g/mol. The molecule has 0 bridgehead atoms. The summed E-state index contributed by atoms with van der Waals surface area (Å²) in [5.74, 6) is 1.64. The number of nitrogens with zero attached hydrogens (tertiary/aromatic N) is 3. The molecule has 24 heavy (non-hydrogen) atoms. The third-order valence-electron chi connectivity index (χ3n) is 5.23. The fourth-order valence-electron chi connectivity index (χ4n) is 4.00. The van der Waals surface area contributed by atoms with Crippen molar-refractivity contribution in [3.63, 3.8) is 0 Å². The lowest BCUT2D eigenvalue weighted by Crippen LogP contribution is -2.47. The number of rotatable bonds is 6. The molecule has 2 aliphatic rings. The summed E-state index contributed by atoms with van der Waals surface area (Å²) in [5, 5.41) is 15.6. The Bertz CT molecular complexity index is 490.